The van der Waals surface area contributed by atoms with Crippen molar-refractivity contribution in [2.75, 3.05) is 33.0 Å². The van der Waals surface area contributed by atoms with Crippen LogP contribution < -0.4 is 5.73 Å². The topological polar surface area (TPSA) is 79.4 Å². The third-order valence-corrected chi connectivity index (χ3v) is 8.24. The first-order valence-electron chi connectivity index (χ1n) is 14.7. The first kappa shape index (κ1) is 32.0. The summed E-state index contributed by atoms with van der Waals surface area (Å²) in [5, 5.41) is 0. The number of benzene rings is 4. The SMILES string of the molecule is NCCOCCOCCCC(=O)c1ccc(Cn2c(-c3ccccc3)nc(-c3ccc(Br)cc3)c2-c2ccc(Br)cc2)cc1. The van der Waals surface area contributed by atoms with Crippen molar-refractivity contribution in [3.05, 3.63) is 123 Å². The summed E-state index contributed by atoms with van der Waals surface area (Å²) >= 11 is 7.15. The van der Waals surface area contributed by atoms with Gasteiger partial charge in [0.25, 0.3) is 0 Å². The van der Waals surface area contributed by atoms with Gasteiger partial charge in [0.1, 0.15) is 5.82 Å². The van der Waals surface area contributed by atoms with E-state index in [1.54, 1.807) is 0 Å². The molecule has 8 heteroatoms. The predicted octanol–water partition coefficient (Wildman–Crippen LogP) is 8.41. The fourth-order valence-corrected chi connectivity index (χ4v) is 5.52. The standard InChI is InChI=1S/C36H35Br2N3O3/c37-31-16-12-28(13-17-31)34-35(29-14-18-32(38)19-15-29)41(36(40-34)30-5-2-1-3-6-30)25-26-8-10-27(11-9-26)33(42)7-4-21-43-23-24-44-22-20-39/h1-3,5-6,8-19H,4,7,20-25,39H2. The number of nitrogens with zero attached hydrogens (tertiary/aromatic N) is 2. The molecule has 0 spiro atoms. The molecule has 0 unspecified atom stereocenters. The summed E-state index contributed by atoms with van der Waals surface area (Å²) in [6.45, 7) is 3.18. The fraction of sp³-hybridized carbons (Fsp3) is 0.222. The molecule has 6 nitrogen and oxygen atoms in total. The van der Waals surface area contributed by atoms with Crippen LogP contribution in [0.4, 0.5) is 0 Å². The van der Waals surface area contributed by atoms with Crippen molar-refractivity contribution in [3.8, 4) is 33.9 Å². The third kappa shape index (κ3) is 8.40. The lowest BCUT2D eigenvalue weighted by atomic mass is 10.0. The zero-order chi connectivity index (χ0) is 30.7. The Morgan fingerprint density at radius 1 is 0.705 bits per heavy atom. The predicted molar refractivity (Wildman–Crippen MR) is 184 cm³/mol. The minimum absolute atomic E-state index is 0.111. The Morgan fingerprint density at radius 3 is 1.95 bits per heavy atom. The van der Waals surface area contributed by atoms with Crippen molar-refractivity contribution in [2.24, 2.45) is 5.73 Å². The number of aromatic nitrogens is 2. The lowest BCUT2D eigenvalue weighted by Crippen LogP contribution is -2.12. The molecule has 0 saturated carbocycles. The number of carbonyl (C=O) groups is 1. The molecule has 0 atom stereocenters. The quantitative estimate of drug-likeness (QED) is 0.0870. The minimum Gasteiger partial charge on any atom is -0.379 e. The van der Waals surface area contributed by atoms with Gasteiger partial charge in [0.05, 0.1) is 31.2 Å². The molecule has 1 aromatic heterocycles. The van der Waals surface area contributed by atoms with Crippen LogP contribution in [0.2, 0.25) is 0 Å². The number of imidazole rings is 1. The van der Waals surface area contributed by atoms with E-state index in [4.69, 9.17) is 20.2 Å². The van der Waals surface area contributed by atoms with Crippen LogP contribution in [0.25, 0.3) is 33.9 Å². The summed E-state index contributed by atoms with van der Waals surface area (Å²) in [6, 6.07) is 34.8. The molecule has 4 aromatic carbocycles. The van der Waals surface area contributed by atoms with E-state index < -0.39 is 0 Å². The van der Waals surface area contributed by atoms with Gasteiger partial charge in [-0.25, -0.2) is 4.98 Å². The summed E-state index contributed by atoms with van der Waals surface area (Å²) in [5.74, 6) is 0.996. The van der Waals surface area contributed by atoms with Crippen molar-refractivity contribution in [1.82, 2.24) is 9.55 Å². The Labute approximate surface area is 275 Å². The average molecular weight is 718 g/mol. The summed E-state index contributed by atoms with van der Waals surface area (Å²) < 4.78 is 15.2. The number of nitrogens with two attached hydrogens (primary N) is 1. The molecule has 1 heterocycles. The zero-order valence-corrected chi connectivity index (χ0v) is 27.6. The van der Waals surface area contributed by atoms with Crippen molar-refractivity contribution in [2.45, 2.75) is 19.4 Å². The Hall–Kier alpha value is -3.40. The van der Waals surface area contributed by atoms with Crippen molar-refractivity contribution < 1.29 is 14.3 Å². The third-order valence-electron chi connectivity index (χ3n) is 7.18. The lowest BCUT2D eigenvalue weighted by Gasteiger charge is -2.14. The van der Waals surface area contributed by atoms with Gasteiger partial charge in [0.15, 0.2) is 5.78 Å². The van der Waals surface area contributed by atoms with E-state index in [2.05, 4.69) is 85.0 Å². The molecule has 5 rings (SSSR count). The highest BCUT2D eigenvalue weighted by atomic mass is 79.9. The number of ketones is 1. The Bertz CT molecular complexity index is 1640. The van der Waals surface area contributed by atoms with Gasteiger partial charge in [0, 0.05) is 57.3 Å². The van der Waals surface area contributed by atoms with Crippen LogP contribution in [0.3, 0.4) is 0 Å². The van der Waals surface area contributed by atoms with Gasteiger partial charge in [-0.2, -0.15) is 0 Å². The van der Waals surface area contributed by atoms with Gasteiger partial charge in [-0.3, -0.25) is 4.79 Å². The summed E-state index contributed by atoms with van der Waals surface area (Å²) in [5.41, 5.74) is 12.3. The molecular weight excluding hydrogens is 682 g/mol. The Balaban J connectivity index is 1.41. The highest BCUT2D eigenvalue weighted by Gasteiger charge is 2.21. The molecule has 2 N–H and O–H groups in total. The van der Waals surface area contributed by atoms with E-state index in [0.29, 0.717) is 57.9 Å². The Morgan fingerprint density at radius 2 is 1.32 bits per heavy atom. The van der Waals surface area contributed by atoms with E-state index in [0.717, 1.165) is 48.4 Å². The van der Waals surface area contributed by atoms with E-state index in [1.807, 2.05) is 54.6 Å². The monoisotopic (exact) mass is 715 g/mol. The highest BCUT2D eigenvalue weighted by molar-refractivity contribution is 9.10. The molecule has 0 saturated heterocycles. The number of ether oxygens (including phenoxy) is 2. The first-order chi connectivity index (χ1) is 21.5. The van der Waals surface area contributed by atoms with Gasteiger partial charge < -0.3 is 19.8 Å². The van der Waals surface area contributed by atoms with Crippen LogP contribution in [0, 0.1) is 0 Å². The van der Waals surface area contributed by atoms with Crippen molar-refractivity contribution in [1.29, 1.82) is 0 Å². The number of hydrogen-bond acceptors (Lipinski definition) is 5. The number of halogens is 2. The molecule has 0 amide bonds. The molecule has 44 heavy (non-hydrogen) atoms. The van der Waals surface area contributed by atoms with Crippen LogP contribution >= 0.6 is 31.9 Å². The second-order valence-electron chi connectivity index (χ2n) is 10.3. The molecule has 0 bridgehead atoms. The van der Waals surface area contributed by atoms with Gasteiger partial charge in [0.2, 0.25) is 0 Å². The van der Waals surface area contributed by atoms with Crippen molar-refractivity contribution in [3.63, 3.8) is 0 Å². The smallest absolute Gasteiger partial charge is 0.162 e. The summed E-state index contributed by atoms with van der Waals surface area (Å²) in [7, 11) is 0. The van der Waals surface area contributed by atoms with Crippen LogP contribution in [0.15, 0.2) is 112 Å². The number of hydrogen-bond donors (Lipinski definition) is 1. The van der Waals surface area contributed by atoms with E-state index >= 15 is 0 Å². The Kier molecular flexibility index (Phi) is 11.7. The molecule has 0 aliphatic heterocycles. The van der Waals surface area contributed by atoms with Gasteiger partial charge in [-0.1, -0.05) is 111 Å². The minimum atomic E-state index is 0.111. The zero-order valence-electron chi connectivity index (χ0n) is 24.4. The number of rotatable bonds is 15. The maximum atomic E-state index is 12.9. The van der Waals surface area contributed by atoms with Crippen LogP contribution in [0.1, 0.15) is 28.8 Å². The molecule has 0 fully saturated rings. The second kappa shape index (κ2) is 16.1. The molecule has 5 aromatic rings. The maximum absolute atomic E-state index is 12.9. The molecule has 0 aliphatic carbocycles. The van der Waals surface area contributed by atoms with Gasteiger partial charge >= 0.3 is 0 Å². The lowest BCUT2D eigenvalue weighted by molar-refractivity contribution is 0.0489. The molecule has 226 valence electrons. The molecule has 0 radical (unpaired) electrons. The maximum Gasteiger partial charge on any atom is 0.162 e. The molecule has 0 aliphatic rings. The average Bonchev–Trinajstić information content (AvgIpc) is 3.42. The van der Waals surface area contributed by atoms with Gasteiger partial charge in [-0.05, 0) is 36.2 Å². The normalized spacial score (nSPS) is 11.2. The van der Waals surface area contributed by atoms with Gasteiger partial charge in [-0.15, -0.1) is 0 Å². The first-order valence-corrected chi connectivity index (χ1v) is 16.3. The van der Waals surface area contributed by atoms with E-state index in [9.17, 15) is 4.79 Å². The number of Topliss-reactive ketones (excluding diaryl/α,β-unsaturated/α-hetero) is 1. The van der Waals surface area contributed by atoms with E-state index in [1.165, 1.54) is 0 Å². The second-order valence-corrected chi connectivity index (χ2v) is 12.2. The van der Waals surface area contributed by atoms with Crippen LogP contribution in [-0.2, 0) is 16.0 Å². The van der Waals surface area contributed by atoms with Crippen LogP contribution in [0.5, 0.6) is 0 Å². The fourth-order valence-electron chi connectivity index (χ4n) is 4.99. The largest absolute Gasteiger partial charge is 0.379 e. The summed E-state index contributed by atoms with van der Waals surface area (Å²) in [6.07, 6.45) is 1.11. The van der Waals surface area contributed by atoms with E-state index in [-0.39, 0.29) is 5.78 Å². The van der Waals surface area contributed by atoms with Crippen LogP contribution in [-0.4, -0.2) is 48.3 Å². The number of carbonyl (C=O) groups excluding carboxylic acids is 1. The molecular formula is C36H35Br2N3O3. The highest BCUT2D eigenvalue weighted by Crippen LogP contribution is 2.37. The summed E-state index contributed by atoms with van der Waals surface area (Å²) in [4.78, 5) is 18.1. The van der Waals surface area contributed by atoms with Crippen molar-refractivity contribution >= 4 is 37.6 Å².